The maximum atomic E-state index is 5.63. The van der Waals surface area contributed by atoms with Crippen molar-refractivity contribution in [2.75, 3.05) is 19.7 Å². The Labute approximate surface area is 157 Å². The van der Waals surface area contributed by atoms with Crippen LogP contribution in [-0.4, -0.2) is 37.8 Å². The molecule has 1 saturated heterocycles. The van der Waals surface area contributed by atoms with E-state index in [1.54, 1.807) is 0 Å². The lowest BCUT2D eigenvalue weighted by molar-refractivity contribution is 0.117. The van der Waals surface area contributed by atoms with E-state index in [1.807, 2.05) is 0 Å². The first-order chi connectivity index (χ1) is 10.8. The summed E-state index contributed by atoms with van der Waals surface area (Å²) in [6, 6.07) is 11.0. The van der Waals surface area contributed by atoms with Crippen LogP contribution in [0, 0.1) is 0 Å². The van der Waals surface area contributed by atoms with Crippen LogP contribution < -0.4 is 10.6 Å². The van der Waals surface area contributed by atoms with E-state index >= 15 is 0 Å². The van der Waals surface area contributed by atoms with Crippen LogP contribution in [0.2, 0.25) is 0 Å². The molecule has 1 aromatic carbocycles. The van der Waals surface area contributed by atoms with Gasteiger partial charge in [-0.25, -0.2) is 0 Å². The summed E-state index contributed by atoms with van der Waals surface area (Å²) >= 11 is 0. The molecule has 1 heterocycles. The Kier molecular flexibility index (Phi) is 10.3. The zero-order valence-electron chi connectivity index (χ0n) is 14.3. The molecule has 2 N–H and O–H groups in total. The topological polar surface area (TPSA) is 45.7 Å². The van der Waals surface area contributed by atoms with Gasteiger partial charge in [-0.1, -0.05) is 30.3 Å². The quantitative estimate of drug-likeness (QED) is 0.396. The van der Waals surface area contributed by atoms with Gasteiger partial charge in [0.2, 0.25) is 0 Å². The molecule has 0 amide bonds. The van der Waals surface area contributed by atoms with Crippen LogP contribution in [0.1, 0.15) is 38.7 Å². The molecule has 1 aliphatic rings. The molecule has 2 unspecified atom stereocenters. The van der Waals surface area contributed by atoms with E-state index in [0.717, 1.165) is 51.3 Å². The van der Waals surface area contributed by atoms with E-state index in [1.165, 1.54) is 5.56 Å². The highest BCUT2D eigenvalue weighted by Gasteiger charge is 2.15. The fraction of sp³-hybridized carbons (Fsp3) is 0.611. The van der Waals surface area contributed by atoms with Gasteiger partial charge in [0.05, 0.1) is 12.6 Å². The van der Waals surface area contributed by atoms with Crippen LogP contribution >= 0.6 is 24.0 Å². The maximum absolute atomic E-state index is 5.63. The summed E-state index contributed by atoms with van der Waals surface area (Å²) in [5.41, 5.74) is 1.39. The molecule has 2 atom stereocenters. The van der Waals surface area contributed by atoms with Crippen molar-refractivity contribution in [2.24, 2.45) is 4.99 Å². The Hall–Kier alpha value is -0.820. The van der Waals surface area contributed by atoms with Gasteiger partial charge >= 0.3 is 0 Å². The van der Waals surface area contributed by atoms with Crippen molar-refractivity contribution in [1.82, 2.24) is 10.6 Å². The molecule has 0 saturated carbocycles. The van der Waals surface area contributed by atoms with E-state index in [-0.39, 0.29) is 24.0 Å². The van der Waals surface area contributed by atoms with Gasteiger partial charge in [-0.2, -0.15) is 0 Å². The Morgan fingerprint density at radius 3 is 2.78 bits per heavy atom. The van der Waals surface area contributed by atoms with Crippen LogP contribution in [0.4, 0.5) is 0 Å². The number of hydrogen-bond donors (Lipinski definition) is 2. The minimum atomic E-state index is 0. The lowest BCUT2D eigenvalue weighted by Crippen LogP contribution is -2.42. The van der Waals surface area contributed by atoms with Gasteiger partial charge in [0.25, 0.3) is 0 Å². The first-order valence-electron chi connectivity index (χ1n) is 8.48. The number of nitrogens with one attached hydrogen (secondary N) is 2. The summed E-state index contributed by atoms with van der Waals surface area (Å²) in [4.78, 5) is 4.66. The molecule has 4 nitrogen and oxygen atoms in total. The van der Waals surface area contributed by atoms with Gasteiger partial charge in [0.1, 0.15) is 0 Å². The third kappa shape index (κ3) is 8.01. The highest BCUT2D eigenvalue weighted by Crippen LogP contribution is 2.11. The number of halogens is 1. The minimum Gasteiger partial charge on any atom is -0.376 e. The molecule has 2 rings (SSSR count). The number of guanidine groups is 1. The minimum absolute atomic E-state index is 0. The summed E-state index contributed by atoms with van der Waals surface area (Å²) < 4.78 is 5.63. The zero-order chi connectivity index (χ0) is 15.6. The molecule has 0 aliphatic carbocycles. The molecule has 1 fully saturated rings. The summed E-state index contributed by atoms with van der Waals surface area (Å²) in [6.07, 6.45) is 4.77. The average Bonchev–Trinajstić information content (AvgIpc) is 3.05. The molecule has 0 aromatic heterocycles. The molecule has 23 heavy (non-hydrogen) atoms. The number of ether oxygens (including phenoxy) is 1. The molecule has 130 valence electrons. The van der Waals surface area contributed by atoms with Crippen LogP contribution in [0.25, 0.3) is 0 Å². The Morgan fingerprint density at radius 1 is 1.35 bits per heavy atom. The Balaban J connectivity index is 0.00000264. The van der Waals surface area contributed by atoms with Gasteiger partial charge in [0, 0.05) is 19.2 Å². The van der Waals surface area contributed by atoms with Crippen molar-refractivity contribution in [3.63, 3.8) is 0 Å². The van der Waals surface area contributed by atoms with Crippen molar-refractivity contribution in [3.8, 4) is 0 Å². The lowest BCUT2D eigenvalue weighted by atomic mass is 10.1. The number of hydrogen-bond acceptors (Lipinski definition) is 2. The largest absolute Gasteiger partial charge is 0.376 e. The standard InChI is InChI=1S/C18H29N3O.HI/c1-3-19-18(20-14-17-10-7-13-22-17)21-15(2)11-12-16-8-5-4-6-9-16;/h4-6,8-9,15,17H,3,7,10-14H2,1-2H3,(H2,19,20,21);1H. The number of aliphatic imine (C=N–C) groups is 1. The van der Waals surface area contributed by atoms with Gasteiger partial charge in [-0.15, -0.1) is 24.0 Å². The first kappa shape index (κ1) is 20.2. The average molecular weight is 431 g/mol. The van der Waals surface area contributed by atoms with Gasteiger partial charge in [-0.05, 0) is 45.1 Å². The monoisotopic (exact) mass is 431 g/mol. The summed E-state index contributed by atoms with van der Waals surface area (Å²) in [5.74, 6) is 0.901. The normalized spacial score (nSPS) is 19.0. The molecule has 5 heteroatoms. The molecule has 1 aromatic rings. The predicted molar refractivity (Wildman–Crippen MR) is 108 cm³/mol. The van der Waals surface area contributed by atoms with E-state index < -0.39 is 0 Å². The smallest absolute Gasteiger partial charge is 0.191 e. The van der Waals surface area contributed by atoms with Crippen molar-refractivity contribution in [3.05, 3.63) is 35.9 Å². The molecular formula is C18H30IN3O. The summed E-state index contributed by atoms with van der Waals surface area (Å²) in [7, 11) is 0. The second kappa shape index (κ2) is 11.7. The molecule has 0 radical (unpaired) electrons. The third-order valence-electron chi connectivity index (χ3n) is 3.91. The van der Waals surface area contributed by atoms with E-state index in [4.69, 9.17) is 4.74 Å². The second-order valence-electron chi connectivity index (χ2n) is 5.92. The number of nitrogens with zero attached hydrogens (tertiary/aromatic N) is 1. The maximum Gasteiger partial charge on any atom is 0.191 e. The van der Waals surface area contributed by atoms with Crippen LogP contribution in [0.15, 0.2) is 35.3 Å². The van der Waals surface area contributed by atoms with Gasteiger partial charge in [0.15, 0.2) is 5.96 Å². The fourth-order valence-corrected chi connectivity index (χ4v) is 2.63. The molecule has 0 bridgehead atoms. The van der Waals surface area contributed by atoms with Crippen LogP contribution in [-0.2, 0) is 11.2 Å². The molecule has 0 spiro atoms. The highest BCUT2D eigenvalue weighted by molar-refractivity contribution is 14.0. The summed E-state index contributed by atoms with van der Waals surface area (Å²) in [6.45, 7) is 6.82. The number of benzene rings is 1. The van der Waals surface area contributed by atoms with E-state index in [0.29, 0.717) is 12.1 Å². The van der Waals surface area contributed by atoms with Crippen molar-refractivity contribution < 1.29 is 4.74 Å². The molecule has 1 aliphatic heterocycles. The Morgan fingerprint density at radius 2 is 2.13 bits per heavy atom. The number of rotatable bonds is 7. The SMILES string of the molecule is CCNC(=NCC1CCCO1)NC(C)CCc1ccccc1.I. The second-order valence-corrected chi connectivity index (χ2v) is 5.92. The van der Waals surface area contributed by atoms with E-state index in [2.05, 4.69) is 59.8 Å². The van der Waals surface area contributed by atoms with Gasteiger partial charge in [-0.3, -0.25) is 4.99 Å². The van der Waals surface area contributed by atoms with Gasteiger partial charge < -0.3 is 15.4 Å². The van der Waals surface area contributed by atoms with Crippen molar-refractivity contribution in [1.29, 1.82) is 0 Å². The number of aryl methyl sites for hydroxylation is 1. The summed E-state index contributed by atoms with van der Waals surface area (Å²) in [5, 5.41) is 6.81. The van der Waals surface area contributed by atoms with Crippen molar-refractivity contribution >= 4 is 29.9 Å². The third-order valence-corrected chi connectivity index (χ3v) is 3.91. The van der Waals surface area contributed by atoms with Crippen molar-refractivity contribution in [2.45, 2.75) is 51.7 Å². The van der Waals surface area contributed by atoms with E-state index in [9.17, 15) is 0 Å². The fourth-order valence-electron chi connectivity index (χ4n) is 2.63. The first-order valence-corrected chi connectivity index (χ1v) is 8.48. The van der Waals surface area contributed by atoms with Crippen LogP contribution in [0.3, 0.4) is 0 Å². The molecular weight excluding hydrogens is 401 g/mol. The zero-order valence-corrected chi connectivity index (χ0v) is 16.6. The Bertz CT molecular complexity index is 447. The highest BCUT2D eigenvalue weighted by atomic mass is 127. The lowest BCUT2D eigenvalue weighted by Gasteiger charge is -2.18. The predicted octanol–water partition coefficient (Wildman–Crippen LogP) is 3.36. The van der Waals surface area contributed by atoms with Crippen LogP contribution in [0.5, 0.6) is 0 Å².